The first-order chi connectivity index (χ1) is 10.7. The lowest BCUT2D eigenvalue weighted by atomic mass is 10.1. The second-order valence-corrected chi connectivity index (χ2v) is 5.90. The van der Waals surface area contributed by atoms with E-state index in [9.17, 15) is 5.11 Å². The van der Waals surface area contributed by atoms with Crippen LogP contribution in [0.5, 0.6) is 5.75 Å². The van der Waals surface area contributed by atoms with Gasteiger partial charge in [0, 0.05) is 17.7 Å². The van der Waals surface area contributed by atoms with Crippen LogP contribution in [0.3, 0.4) is 0 Å². The molecular formula is C16H16N4OS. The van der Waals surface area contributed by atoms with E-state index in [1.165, 1.54) is 11.3 Å². The second kappa shape index (κ2) is 6.23. The highest BCUT2D eigenvalue weighted by Gasteiger charge is 2.18. The molecule has 5 nitrogen and oxygen atoms in total. The average molecular weight is 312 g/mol. The van der Waals surface area contributed by atoms with E-state index in [-0.39, 0.29) is 5.75 Å². The zero-order valence-electron chi connectivity index (χ0n) is 11.8. The van der Waals surface area contributed by atoms with Gasteiger partial charge in [0.2, 0.25) is 0 Å². The van der Waals surface area contributed by atoms with Gasteiger partial charge in [0.15, 0.2) is 0 Å². The summed E-state index contributed by atoms with van der Waals surface area (Å²) in [6.07, 6.45) is 0. The molecule has 0 bridgehead atoms. The number of nitrogens with zero attached hydrogens (tertiary/aromatic N) is 2. The Hall–Kier alpha value is -2.28. The maximum atomic E-state index is 9.90. The number of para-hydroxylation sites is 1. The highest BCUT2D eigenvalue weighted by Crippen LogP contribution is 2.32. The van der Waals surface area contributed by atoms with Crippen LogP contribution in [0.1, 0.15) is 22.2 Å². The van der Waals surface area contributed by atoms with Crippen LogP contribution in [0, 0.1) is 0 Å². The SMILES string of the molecule is NCc1cccc(-c2nnc(C(N)c3ccccc3O)s2)c1. The summed E-state index contributed by atoms with van der Waals surface area (Å²) in [5, 5.41) is 19.7. The Balaban J connectivity index is 1.92. The number of aromatic nitrogens is 2. The first kappa shape index (κ1) is 14.6. The fourth-order valence-corrected chi connectivity index (χ4v) is 3.05. The number of benzene rings is 2. The van der Waals surface area contributed by atoms with E-state index >= 15 is 0 Å². The summed E-state index contributed by atoms with van der Waals surface area (Å²) in [5.41, 5.74) is 14.5. The monoisotopic (exact) mass is 312 g/mol. The zero-order chi connectivity index (χ0) is 15.5. The van der Waals surface area contributed by atoms with Crippen LogP contribution >= 0.6 is 11.3 Å². The molecule has 6 heteroatoms. The van der Waals surface area contributed by atoms with Gasteiger partial charge in [-0.3, -0.25) is 0 Å². The highest BCUT2D eigenvalue weighted by molar-refractivity contribution is 7.14. The first-order valence-corrected chi connectivity index (χ1v) is 7.67. The lowest BCUT2D eigenvalue weighted by Crippen LogP contribution is -2.11. The van der Waals surface area contributed by atoms with E-state index in [2.05, 4.69) is 10.2 Å². The third-order valence-corrected chi connectivity index (χ3v) is 4.44. The van der Waals surface area contributed by atoms with Crippen LogP contribution in [0.2, 0.25) is 0 Å². The summed E-state index contributed by atoms with van der Waals surface area (Å²) in [5.74, 6) is 0.164. The summed E-state index contributed by atoms with van der Waals surface area (Å²) in [7, 11) is 0. The first-order valence-electron chi connectivity index (χ1n) is 6.85. The molecule has 3 aromatic rings. The van der Waals surface area contributed by atoms with Crippen LogP contribution in [-0.2, 0) is 6.54 Å². The van der Waals surface area contributed by atoms with Crippen molar-refractivity contribution < 1.29 is 5.11 Å². The molecule has 0 spiro atoms. The minimum Gasteiger partial charge on any atom is -0.508 e. The number of phenolic OH excluding ortho intramolecular Hbond substituents is 1. The standard InChI is InChI=1S/C16H16N4OS/c17-9-10-4-3-5-11(8-10)15-19-20-16(22-15)14(18)12-6-1-2-7-13(12)21/h1-8,14,21H,9,17-18H2. The van der Waals surface area contributed by atoms with Crippen molar-refractivity contribution >= 4 is 11.3 Å². The molecule has 0 aliphatic carbocycles. The van der Waals surface area contributed by atoms with E-state index in [0.717, 1.165) is 16.1 Å². The molecule has 0 radical (unpaired) electrons. The van der Waals surface area contributed by atoms with Crippen molar-refractivity contribution in [3.8, 4) is 16.3 Å². The molecule has 0 fully saturated rings. The summed E-state index contributed by atoms with van der Waals surface area (Å²) in [4.78, 5) is 0. The Morgan fingerprint density at radius 2 is 1.91 bits per heavy atom. The number of rotatable bonds is 4. The molecule has 1 unspecified atom stereocenters. The third-order valence-electron chi connectivity index (χ3n) is 3.39. The van der Waals surface area contributed by atoms with Gasteiger partial charge < -0.3 is 16.6 Å². The number of hydrogen-bond acceptors (Lipinski definition) is 6. The van der Waals surface area contributed by atoms with E-state index in [1.54, 1.807) is 18.2 Å². The lowest BCUT2D eigenvalue weighted by Gasteiger charge is -2.09. The summed E-state index contributed by atoms with van der Waals surface area (Å²) < 4.78 is 0. The largest absolute Gasteiger partial charge is 0.508 e. The summed E-state index contributed by atoms with van der Waals surface area (Å²) in [6, 6.07) is 14.4. The molecule has 0 amide bonds. The van der Waals surface area contributed by atoms with Crippen LogP contribution in [-0.4, -0.2) is 15.3 Å². The van der Waals surface area contributed by atoms with Gasteiger partial charge in [-0.15, -0.1) is 10.2 Å². The topological polar surface area (TPSA) is 98.0 Å². The van der Waals surface area contributed by atoms with Gasteiger partial charge in [-0.1, -0.05) is 47.7 Å². The molecule has 0 saturated carbocycles. The van der Waals surface area contributed by atoms with Crippen molar-refractivity contribution in [2.75, 3.05) is 0 Å². The summed E-state index contributed by atoms with van der Waals surface area (Å²) in [6.45, 7) is 0.483. The van der Waals surface area contributed by atoms with Crippen molar-refractivity contribution in [1.82, 2.24) is 10.2 Å². The molecule has 112 valence electrons. The van der Waals surface area contributed by atoms with Crippen LogP contribution in [0.25, 0.3) is 10.6 Å². The lowest BCUT2D eigenvalue weighted by molar-refractivity contribution is 0.465. The van der Waals surface area contributed by atoms with Gasteiger partial charge in [-0.05, 0) is 17.7 Å². The fraction of sp³-hybridized carbons (Fsp3) is 0.125. The fourth-order valence-electron chi connectivity index (χ4n) is 2.19. The van der Waals surface area contributed by atoms with E-state index in [0.29, 0.717) is 17.1 Å². The molecule has 2 aromatic carbocycles. The van der Waals surface area contributed by atoms with Crippen molar-refractivity contribution in [3.63, 3.8) is 0 Å². The molecule has 3 rings (SSSR count). The highest BCUT2D eigenvalue weighted by atomic mass is 32.1. The molecule has 0 aliphatic rings. The predicted molar refractivity (Wildman–Crippen MR) is 87.4 cm³/mol. The number of aromatic hydroxyl groups is 1. The smallest absolute Gasteiger partial charge is 0.147 e. The molecule has 1 atom stereocenters. The van der Waals surface area contributed by atoms with Gasteiger partial charge >= 0.3 is 0 Å². The maximum Gasteiger partial charge on any atom is 0.147 e. The number of phenols is 1. The molecule has 1 heterocycles. The quantitative estimate of drug-likeness (QED) is 0.687. The maximum absolute atomic E-state index is 9.90. The van der Waals surface area contributed by atoms with E-state index in [4.69, 9.17) is 11.5 Å². The zero-order valence-corrected chi connectivity index (χ0v) is 12.6. The Bertz CT molecular complexity index is 787. The second-order valence-electron chi connectivity index (χ2n) is 4.89. The van der Waals surface area contributed by atoms with Crippen molar-refractivity contribution in [2.24, 2.45) is 11.5 Å². The Morgan fingerprint density at radius 3 is 2.68 bits per heavy atom. The average Bonchev–Trinajstić information content (AvgIpc) is 3.05. The molecule has 22 heavy (non-hydrogen) atoms. The van der Waals surface area contributed by atoms with E-state index < -0.39 is 6.04 Å². The van der Waals surface area contributed by atoms with Gasteiger partial charge in [0.25, 0.3) is 0 Å². The Labute approximate surface area is 132 Å². The Morgan fingerprint density at radius 1 is 1.09 bits per heavy atom. The molecular weight excluding hydrogens is 296 g/mol. The van der Waals surface area contributed by atoms with Crippen LogP contribution < -0.4 is 11.5 Å². The molecule has 0 aliphatic heterocycles. The molecule has 0 saturated heterocycles. The van der Waals surface area contributed by atoms with Crippen molar-refractivity contribution in [3.05, 3.63) is 64.7 Å². The van der Waals surface area contributed by atoms with Gasteiger partial charge in [-0.25, -0.2) is 0 Å². The third kappa shape index (κ3) is 2.85. The Kier molecular flexibility index (Phi) is 4.15. The van der Waals surface area contributed by atoms with Gasteiger partial charge in [-0.2, -0.15) is 0 Å². The normalized spacial score (nSPS) is 12.3. The van der Waals surface area contributed by atoms with Gasteiger partial charge in [0.1, 0.15) is 15.8 Å². The van der Waals surface area contributed by atoms with Gasteiger partial charge in [0.05, 0.1) is 6.04 Å². The number of nitrogens with two attached hydrogens (primary N) is 2. The molecule has 1 aromatic heterocycles. The van der Waals surface area contributed by atoms with Crippen LogP contribution in [0.15, 0.2) is 48.5 Å². The summed E-state index contributed by atoms with van der Waals surface area (Å²) >= 11 is 1.42. The van der Waals surface area contributed by atoms with Crippen molar-refractivity contribution in [2.45, 2.75) is 12.6 Å². The minimum absolute atomic E-state index is 0.164. The predicted octanol–water partition coefficient (Wildman–Crippen LogP) is 2.42. The molecule has 5 N–H and O–H groups in total. The van der Waals surface area contributed by atoms with Crippen LogP contribution in [0.4, 0.5) is 0 Å². The van der Waals surface area contributed by atoms with E-state index in [1.807, 2.05) is 30.3 Å². The number of hydrogen-bond donors (Lipinski definition) is 3. The van der Waals surface area contributed by atoms with Crippen molar-refractivity contribution in [1.29, 1.82) is 0 Å². The minimum atomic E-state index is -0.495.